The van der Waals surface area contributed by atoms with E-state index in [0.717, 1.165) is 24.1 Å². The summed E-state index contributed by atoms with van der Waals surface area (Å²) in [6.07, 6.45) is 4.01. The Labute approximate surface area is 113 Å². The minimum absolute atomic E-state index is 0.237. The molecule has 2 aliphatic rings. The summed E-state index contributed by atoms with van der Waals surface area (Å²) in [6, 6.07) is 5.85. The van der Waals surface area contributed by atoms with Gasteiger partial charge in [0.15, 0.2) is 0 Å². The third kappa shape index (κ3) is 2.65. The maximum Gasteiger partial charge on any atom is 0.138 e. The number of aliphatic hydroxyl groups is 1. The zero-order valence-electron chi connectivity index (χ0n) is 10.9. The lowest BCUT2D eigenvalue weighted by atomic mass is 10.1. The van der Waals surface area contributed by atoms with E-state index in [1.807, 2.05) is 12.1 Å². The summed E-state index contributed by atoms with van der Waals surface area (Å²) in [5.41, 5.74) is 1.49. The maximum atomic E-state index is 13.6. The molecule has 3 rings (SSSR count). The molecule has 2 atom stereocenters. The van der Waals surface area contributed by atoms with Crippen LogP contribution in [0.4, 0.5) is 4.39 Å². The summed E-state index contributed by atoms with van der Waals surface area (Å²) >= 11 is 0. The molecule has 19 heavy (non-hydrogen) atoms. The van der Waals surface area contributed by atoms with Crippen LogP contribution >= 0.6 is 0 Å². The average molecular weight is 259 g/mol. The van der Waals surface area contributed by atoms with Crippen LogP contribution in [-0.4, -0.2) is 29.2 Å². The quantitative estimate of drug-likeness (QED) is 0.823. The van der Waals surface area contributed by atoms with Crippen LogP contribution in [0.1, 0.15) is 30.4 Å². The van der Waals surface area contributed by atoms with Crippen molar-refractivity contribution in [3.8, 4) is 11.8 Å². The monoisotopic (exact) mass is 259 g/mol. The molecule has 2 unspecified atom stereocenters. The van der Waals surface area contributed by atoms with Crippen LogP contribution < -0.4 is 0 Å². The molecule has 2 fully saturated rings. The maximum absolute atomic E-state index is 13.6. The van der Waals surface area contributed by atoms with Crippen LogP contribution in [-0.2, 0) is 6.54 Å². The highest BCUT2D eigenvalue weighted by atomic mass is 19.1. The molecule has 2 nitrogen and oxygen atoms in total. The van der Waals surface area contributed by atoms with Gasteiger partial charge in [-0.05, 0) is 42.9 Å². The van der Waals surface area contributed by atoms with Crippen molar-refractivity contribution < 1.29 is 9.50 Å². The second-order valence-corrected chi connectivity index (χ2v) is 5.54. The molecule has 1 aliphatic heterocycles. The van der Waals surface area contributed by atoms with E-state index >= 15 is 0 Å². The number of nitrogens with zero attached hydrogens (tertiary/aromatic N) is 1. The fourth-order valence-electron chi connectivity index (χ4n) is 3.36. The van der Waals surface area contributed by atoms with Crippen LogP contribution in [0.15, 0.2) is 18.2 Å². The van der Waals surface area contributed by atoms with Crippen molar-refractivity contribution in [3.05, 3.63) is 35.1 Å². The molecule has 2 bridgehead atoms. The molecule has 1 saturated heterocycles. The van der Waals surface area contributed by atoms with Gasteiger partial charge in [-0.2, -0.15) is 0 Å². The Kier molecular flexibility index (Phi) is 3.54. The third-order valence-corrected chi connectivity index (χ3v) is 4.24. The Morgan fingerprint density at radius 1 is 1.37 bits per heavy atom. The standard InChI is InChI=1S/C16H18FNO/c17-16-6-4-12(8-14(16)2-1-7-19)10-18-11-13-3-5-15(18)9-13/h4,6,8,13,15,19H,3,5,7,9-11H2. The smallest absolute Gasteiger partial charge is 0.138 e. The van der Waals surface area contributed by atoms with Crippen molar-refractivity contribution in [1.29, 1.82) is 0 Å². The minimum Gasteiger partial charge on any atom is -0.384 e. The summed E-state index contributed by atoms with van der Waals surface area (Å²) in [6.45, 7) is 1.83. The van der Waals surface area contributed by atoms with E-state index < -0.39 is 0 Å². The van der Waals surface area contributed by atoms with Gasteiger partial charge in [-0.3, -0.25) is 4.90 Å². The van der Waals surface area contributed by atoms with E-state index in [-0.39, 0.29) is 12.4 Å². The normalized spacial score (nSPS) is 25.4. The second kappa shape index (κ2) is 5.32. The Hall–Kier alpha value is -1.37. The van der Waals surface area contributed by atoms with Crippen molar-refractivity contribution in [3.63, 3.8) is 0 Å². The number of benzene rings is 1. The molecule has 1 heterocycles. The first-order chi connectivity index (χ1) is 9.26. The molecule has 1 aromatic rings. The van der Waals surface area contributed by atoms with Gasteiger partial charge in [0.2, 0.25) is 0 Å². The number of hydrogen-bond acceptors (Lipinski definition) is 2. The van der Waals surface area contributed by atoms with Gasteiger partial charge in [-0.15, -0.1) is 0 Å². The molecule has 100 valence electrons. The number of aliphatic hydroxyl groups excluding tert-OH is 1. The van der Waals surface area contributed by atoms with Gasteiger partial charge in [0.1, 0.15) is 12.4 Å². The minimum atomic E-state index is -0.312. The van der Waals surface area contributed by atoms with E-state index in [1.165, 1.54) is 31.9 Å². The predicted octanol–water partition coefficient (Wildman–Crippen LogP) is 2.15. The van der Waals surface area contributed by atoms with E-state index in [4.69, 9.17) is 5.11 Å². The molecule has 1 saturated carbocycles. The number of hydrogen-bond donors (Lipinski definition) is 1. The molecule has 0 aromatic heterocycles. The number of likely N-dealkylation sites (tertiary alicyclic amines) is 1. The molecule has 1 aromatic carbocycles. The first-order valence-electron chi connectivity index (χ1n) is 6.88. The van der Waals surface area contributed by atoms with Gasteiger partial charge in [-0.1, -0.05) is 17.9 Å². The lowest BCUT2D eigenvalue weighted by Gasteiger charge is -2.26. The number of fused-ring (bicyclic) bond motifs is 2. The summed E-state index contributed by atoms with van der Waals surface area (Å²) in [5.74, 6) is 5.74. The van der Waals surface area contributed by atoms with Crippen molar-refractivity contribution in [2.24, 2.45) is 5.92 Å². The summed E-state index contributed by atoms with van der Waals surface area (Å²) in [5, 5.41) is 8.68. The van der Waals surface area contributed by atoms with Gasteiger partial charge in [0.05, 0.1) is 5.56 Å². The van der Waals surface area contributed by atoms with Crippen LogP contribution in [0.25, 0.3) is 0 Å². The summed E-state index contributed by atoms with van der Waals surface area (Å²) < 4.78 is 13.6. The number of piperidine rings is 1. The van der Waals surface area contributed by atoms with Gasteiger partial charge >= 0.3 is 0 Å². The highest BCUT2D eigenvalue weighted by molar-refractivity contribution is 5.38. The first kappa shape index (κ1) is 12.7. The van der Waals surface area contributed by atoms with Gasteiger partial charge in [0.25, 0.3) is 0 Å². The van der Waals surface area contributed by atoms with Gasteiger partial charge < -0.3 is 5.11 Å². The largest absolute Gasteiger partial charge is 0.384 e. The highest BCUT2D eigenvalue weighted by Gasteiger charge is 2.37. The van der Waals surface area contributed by atoms with Crippen LogP contribution in [0, 0.1) is 23.6 Å². The number of halogens is 1. The van der Waals surface area contributed by atoms with Crippen LogP contribution in [0.2, 0.25) is 0 Å². The molecule has 0 radical (unpaired) electrons. The second-order valence-electron chi connectivity index (χ2n) is 5.54. The first-order valence-corrected chi connectivity index (χ1v) is 6.88. The van der Waals surface area contributed by atoms with Gasteiger partial charge in [0, 0.05) is 19.1 Å². The van der Waals surface area contributed by atoms with Crippen molar-refractivity contribution >= 4 is 0 Å². The molecular formula is C16H18FNO. The highest BCUT2D eigenvalue weighted by Crippen LogP contribution is 2.38. The molecule has 0 spiro atoms. The fourth-order valence-corrected chi connectivity index (χ4v) is 3.36. The Morgan fingerprint density at radius 2 is 2.26 bits per heavy atom. The zero-order chi connectivity index (χ0) is 13.2. The summed E-state index contributed by atoms with van der Waals surface area (Å²) in [4.78, 5) is 2.50. The fraction of sp³-hybridized carbons (Fsp3) is 0.500. The molecule has 1 N–H and O–H groups in total. The average Bonchev–Trinajstić information content (AvgIpc) is 3.01. The molecular weight excluding hydrogens is 241 g/mol. The summed E-state index contributed by atoms with van der Waals surface area (Å²) in [7, 11) is 0. The van der Waals surface area contributed by atoms with Gasteiger partial charge in [-0.25, -0.2) is 4.39 Å². The van der Waals surface area contributed by atoms with Crippen molar-refractivity contribution in [2.45, 2.75) is 31.8 Å². The van der Waals surface area contributed by atoms with Crippen LogP contribution in [0.5, 0.6) is 0 Å². The number of rotatable bonds is 2. The van der Waals surface area contributed by atoms with Crippen molar-refractivity contribution in [1.82, 2.24) is 4.90 Å². The Bertz CT molecular complexity index is 531. The van der Waals surface area contributed by atoms with E-state index in [1.54, 1.807) is 0 Å². The predicted molar refractivity (Wildman–Crippen MR) is 71.9 cm³/mol. The van der Waals surface area contributed by atoms with E-state index in [2.05, 4.69) is 16.7 Å². The zero-order valence-corrected chi connectivity index (χ0v) is 10.9. The molecule has 0 amide bonds. The third-order valence-electron chi connectivity index (χ3n) is 4.24. The Morgan fingerprint density at radius 3 is 2.95 bits per heavy atom. The molecule has 3 heteroatoms. The lowest BCUT2D eigenvalue weighted by molar-refractivity contribution is 0.205. The SMILES string of the molecule is OCC#Cc1cc(CN2CC3CCC2C3)ccc1F. The lowest BCUT2D eigenvalue weighted by Crippen LogP contribution is -2.31. The topological polar surface area (TPSA) is 23.5 Å². The van der Waals surface area contributed by atoms with Crippen LogP contribution in [0.3, 0.4) is 0 Å². The Balaban J connectivity index is 1.74. The van der Waals surface area contributed by atoms with E-state index in [9.17, 15) is 4.39 Å². The van der Waals surface area contributed by atoms with Crippen molar-refractivity contribution in [2.75, 3.05) is 13.2 Å². The molecule has 1 aliphatic carbocycles. The van der Waals surface area contributed by atoms with E-state index in [0.29, 0.717) is 5.56 Å².